The normalized spacial score (nSPS) is 11.2. The molecule has 4 aromatic rings. The molecule has 0 spiro atoms. The van der Waals surface area contributed by atoms with Crippen molar-refractivity contribution < 1.29 is 4.79 Å². The van der Waals surface area contributed by atoms with Gasteiger partial charge in [-0.25, -0.2) is 4.79 Å². The van der Waals surface area contributed by atoms with Gasteiger partial charge in [0.25, 0.3) is 5.56 Å². The highest BCUT2D eigenvalue weighted by Crippen LogP contribution is 2.23. The first-order valence-electron chi connectivity index (χ1n) is 11.1. The second-order valence-corrected chi connectivity index (χ2v) is 8.60. The minimum Gasteiger partial charge on any atom is -0.323 e. The van der Waals surface area contributed by atoms with E-state index in [0.29, 0.717) is 40.4 Å². The van der Waals surface area contributed by atoms with E-state index in [1.165, 1.54) is 9.13 Å². The smallest absolute Gasteiger partial charge is 0.323 e. The van der Waals surface area contributed by atoms with E-state index in [0.717, 1.165) is 11.1 Å². The molecule has 2 aromatic carbocycles. The first-order valence-corrected chi connectivity index (χ1v) is 11.5. The summed E-state index contributed by atoms with van der Waals surface area (Å²) in [5.74, 6) is -0.425. The van der Waals surface area contributed by atoms with E-state index in [1.807, 2.05) is 50.2 Å². The van der Waals surface area contributed by atoms with E-state index in [4.69, 9.17) is 11.6 Å². The fourth-order valence-corrected chi connectivity index (χ4v) is 4.36. The number of carbonyl (C=O) groups is 1. The first kappa shape index (κ1) is 23.5. The van der Waals surface area contributed by atoms with Crippen LogP contribution in [0, 0.1) is 13.8 Å². The predicted octanol–water partition coefficient (Wildman–Crippen LogP) is 3.53. The Bertz CT molecular complexity index is 1480. The summed E-state index contributed by atoms with van der Waals surface area (Å²) < 4.78 is 4.10. The lowest BCUT2D eigenvalue weighted by Crippen LogP contribution is -2.42. The summed E-state index contributed by atoms with van der Waals surface area (Å²) in [7, 11) is 0. The van der Waals surface area contributed by atoms with Gasteiger partial charge in [-0.2, -0.15) is 5.10 Å². The highest BCUT2D eigenvalue weighted by Gasteiger charge is 2.21. The summed E-state index contributed by atoms with van der Waals surface area (Å²) in [6.45, 7) is 5.88. The summed E-state index contributed by atoms with van der Waals surface area (Å²) in [5, 5.41) is 7.61. The maximum atomic E-state index is 13.5. The Morgan fingerprint density at radius 2 is 1.76 bits per heavy atom. The Labute approximate surface area is 201 Å². The molecule has 0 atom stereocenters. The van der Waals surface area contributed by atoms with Gasteiger partial charge in [0.05, 0.1) is 16.4 Å². The van der Waals surface area contributed by atoms with Gasteiger partial charge in [0, 0.05) is 13.1 Å². The van der Waals surface area contributed by atoms with Crippen molar-refractivity contribution in [1.29, 1.82) is 0 Å². The van der Waals surface area contributed by atoms with E-state index in [2.05, 4.69) is 10.4 Å². The van der Waals surface area contributed by atoms with Gasteiger partial charge in [0.2, 0.25) is 5.91 Å². The van der Waals surface area contributed by atoms with Crippen LogP contribution in [0.3, 0.4) is 0 Å². The molecule has 0 saturated heterocycles. The van der Waals surface area contributed by atoms with Crippen LogP contribution in [0.15, 0.2) is 58.1 Å². The molecule has 4 rings (SSSR count). The van der Waals surface area contributed by atoms with Crippen LogP contribution < -0.4 is 16.6 Å². The molecule has 0 radical (unpaired) electrons. The summed E-state index contributed by atoms with van der Waals surface area (Å²) in [5.41, 5.74) is 2.68. The highest BCUT2D eigenvalue weighted by molar-refractivity contribution is 6.33. The number of amides is 1. The molecule has 0 aliphatic rings. The zero-order chi connectivity index (χ0) is 24.4. The molecular weight excluding hydrogens is 454 g/mol. The van der Waals surface area contributed by atoms with Gasteiger partial charge in [-0.3, -0.25) is 23.4 Å². The third kappa shape index (κ3) is 4.54. The molecule has 0 bridgehead atoms. The number of aromatic nitrogens is 4. The van der Waals surface area contributed by atoms with E-state index in [-0.39, 0.29) is 13.1 Å². The fraction of sp³-hybridized carbons (Fsp3) is 0.280. The lowest BCUT2D eigenvalue weighted by molar-refractivity contribution is -0.116. The van der Waals surface area contributed by atoms with Crippen molar-refractivity contribution in [3.63, 3.8) is 0 Å². The maximum Gasteiger partial charge on any atom is 0.332 e. The van der Waals surface area contributed by atoms with Crippen molar-refractivity contribution in [3.8, 4) is 0 Å². The van der Waals surface area contributed by atoms with Crippen LogP contribution in [-0.2, 0) is 30.8 Å². The van der Waals surface area contributed by atoms with Crippen LogP contribution in [0.2, 0.25) is 5.02 Å². The Hall–Kier alpha value is -3.65. The molecule has 0 saturated carbocycles. The molecule has 176 valence electrons. The average Bonchev–Trinajstić information content (AvgIpc) is 3.15. The van der Waals surface area contributed by atoms with Crippen LogP contribution in [0.25, 0.3) is 11.0 Å². The maximum absolute atomic E-state index is 13.5. The first-order chi connectivity index (χ1) is 16.3. The zero-order valence-electron chi connectivity index (χ0n) is 19.3. The lowest BCUT2D eigenvalue weighted by Gasteiger charge is -2.14. The number of fused-ring (bicyclic) bond motifs is 1. The highest BCUT2D eigenvalue weighted by atomic mass is 35.5. The summed E-state index contributed by atoms with van der Waals surface area (Å²) in [6, 6.07) is 14.9. The van der Waals surface area contributed by atoms with Crippen LogP contribution in [0.4, 0.5) is 5.69 Å². The van der Waals surface area contributed by atoms with E-state index in [9.17, 15) is 14.4 Å². The molecule has 0 fully saturated rings. The third-order valence-electron chi connectivity index (χ3n) is 5.74. The van der Waals surface area contributed by atoms with Gasteiger partial charge in [-0.05, 0) is 50.5 Å². The molecule has 0 unspecified atom stereocenters. The summed E-state index contributed by atoms with van der Waals surface area (Å²) >= 11 is 6.25. The summed E-state index contributed by atoms with van der Waals surface area (Å²) in [6.07, 6.45) is 0.506. The molecule has 1 N–H and O–H groups in total. The Balaban J connectivity index is 1.76. The number of hydrogen-bond acceptors (Lipinski definition) is 4. The molecular formula is C25H26ClN5O3. The van der Waals surface area contributed by atoms with Crippen molar-refractivity contribution >= 4 is 34.2 Å². The van der Waals surface area contributed by atoms with Gasteiger partial charge in [-0.1, -0.05) is 48.0 Å². The standard InChI is InChI=1S/C25H26ClN5O3/c1-4-31-23-22(17(3)28-31)30(15-21(32)27-20-11-10-16(2)14-19(20)26)25(34)29(24(23)33)13-12-18-8-6-5-7-9-18/h5-11,14H,4,12-13,15H2,1-3H3,(H,27,32). The number of nitrogens with one attached hydrogen (secondary N) is 1. The SMILES string of the molecule is CCn1nc(C)c2c1c(=O)n(CCc1ccccc1)c(=O)n2CC(=O)Nc1ccc(C)cc1Cl. The Kier molecular flexibility index (Phi) is 6.70. The van der Waals surface area contributed by atoms with Crippen molar-refractivity contribution in [1.82, 2.24) is 18.9 Å². The Morgan fingerprint density at radius 3 is 2.44 bits per heavy atom. The summed E-state index contributed by atoms with van der Waals surface area (Å²) in [4.78, 5) is 39.7. The number of hydrogen-bond donors (Lipinski definition) is 1. The number of benzene rings is 2. The van der Waals surface area contributed by atoms with Gasteiger partial charge in [-0.15, -0.1) is 0 Å². The number of aryl methyl sites for hydroxylation is 4. The van der Waals surface area contributed by atoms with Gasteiger partial charge in [0.1, 0.15) is 12.1 Å². The van der Waals surface area contributed by atoms with Crippen LogP contribution in [0.1, 0.15) is 23.7 Å². The average molecular weight is 480 g/mol. The minimum atomic E-state index is -0.544. The van der Waals surface area contributed by atoms with E-state index in [1.54, 1.807) is 23.7 Å². The molecule has 2 heterocycles. The largest absolute Gasteiger partial charge is 0.332 e. The van der Waals surface area contributed by atoms with Gasteiger partial charge >= 0.3 is 5.69 Å². The Morgan fingerprint density at radius 1 is 1.03 bits per heavy atom. The van der Waals surface area contributed by atoms with Crippen molar-refractivity contribution in [2.24, 2.45) is 0 Å². The second-order valence-electron chi connectivity index (χ2n) is 8.19. The van der Waals surface area contributed by atoms with E-state index >= 15 is 0 Å². The molecule has 0 aliphatic heterocycles. The molecule has 34 heavy (non-hydrogen) atoms. The van der Waals surface area contributed by atoms with Crippen molar-refractivity contribution in [3.05, 3.63) is 91.2 Å². The van der Waals surface area contributed by atoms with Gasteiger partial charge in [0.15, 0.2) is 5.52 Å². The van der Waals surface area contributed by atoms with Crippen LogP contribution in [-0.4, -0.2) is 24.8 Å². The number of carbonyl (C=O) groups excluding carboxylic acids is 1. The van der Waals surface area contributed by atoms with Gasteiger partial charge < -0.3 is 5.32 Å². The molecule has 0 aliphatic carbocycles. The lowest BCUT2D eigenvalue weighted by atomic mass is 10.1. The number of halogens is 1. The molecule has 2 aromatic heterocycles. The second kappa shape index (κ2) is 9.69. The molecule has 8 nitrogen and oxygen atoms in total. The number of rotatable bonds is 7. The minimum absolute atomic E-state index is 0.191. The van der Waals surface area contributed by atoms with Crippen LogP contribution >= 0.6 is 11.6 Å². The number of anilines is 1. The predicted molar refractivity (Wildman–Crippen MR) is 134 cm³/mol. The third-order valence-corrected chi connectivity index (χ3v) is 6.05. The molecule has 9 heteroatoms. The van der Waals surface area contributed by atoms with Crippen LogP contribution in [0.5, 0.6) is 0 Å². The zero-order valence-corrected chi connectivity index (χ0v) is 20.1. The topological polar surface area (TPSA) is 90.9 Å². The fourth-order valence-electron chi connectivity index (χ4n) is 4.08. The van der Waals surface area contributed by atoms with Crippen molar-refractivity contribution in [2.75, 3.05) is 5.32 Å². The quantitative estimate of drug-likeness (QED) is 0.439. The van der Waals surface area contributed by atoms with Crippen molar-refractivity contribution in [2.45, 2.75) is 46.8 Å². The number of nitrogens with zero attached hydrogens (tertiary/aromatic N) is 4. The monoisotopic (exact) mass is 479 g/mol. The van der Waals surface area contributed by atoms with E-state index < -0.39 is 17.2 Å². The molecule has 1 amide bonds.